The number of carboxylic acid groups (broad SMARTS) is 1. The Balaban J connectivity index is 1.30. The Morgan fingerprint density at radius 2 is 1.52 bits per heavy atom. The molecule has 5 rings (SSSR count). The lowest BCUT2D eigenvalue weighted by Crippen LogP contribution is -2.56. The van der Waals surface area contributed by atoms with Gasteiger partial charge in [-0.05, 0) is 62.1 Å². The fourth-order valence-electron chi connectivity index (χ4n) is 6.98. The molecule has 3 amide bonds. The second-order valence-electron chi connectivity index (χ2n) is 12.0. The van der Waals surface area contributed by atoms with Crippen LogP contribution in [0, 0.1) is 5.92 Å². The zero-order chi connectivity index (χ0) is 29.5. The zero-order valence-corrected chi connectivity index (χ0v) is 24.0. The van der Waals surface area contributed by atoms with Crippen LogP contribution in [0.25, 0.3) is 0 Å². The Morgan fingerprint density at radius 3 is 2.17 bits per heavy atom. The number of fused-ring (bicyclic) bond motifs is 1. The fraction of sp³-hybridized carbons (Fsp3) is 0.515. The first-order valence-electron chi connectivity index (χ1n) is 15.3. The third kappa shape index (κ3) is 7.37. The quantitative estimate of drug-likeness (QED) is 0.327. The molecule has 4 N–H and O–H groups in total. The summed E-state index contributed by atoms with van der Waals surface area (Å²) in [6, 6.07) is 16.4. The van der Waals surface area contributed by atoms with Crippen LogP contribution in [0.3, 0.4) is 0 Å². The van der Waals surface area contributed by atoms with Gasteiger partial charge < -0.3 is 26.0 Å². The smallest absolute Gasteiger partial charge is 0.326 e. The highest BCUT2D eigenvalue weighted by molar-refractivity contribution is 5.91. The zero-order valence-electron chi connectivity index (χ0n) is 24.0. The van der Waals surface area contributed by atoms with E-state index in [1.807, 2.05) is 65.6 Å². The highest BCUT2D eigenvalue weighted by Crippen LogP contribution is 2.40. The van der Waals surface area contributed by atoms with E-state index < -0.39 is 30.0 Å². The second-order valence-corrected chi connectivity index (χ2v) is 12.0. The van der Waals surface area contributed by atoms with Crippen LogP contribution in [0.2, 0.25) is 0 Å². The van der Waals surface area contributed by atoms with Crippen LogP contribution in [0.4, 0.5) is 0 Å². The van der Waals surface area contributed by atoms with Gasteiger partial charge in [0.2, 0.25) is 17.7 Å². The van der Waals surface area contributed by atoms with Gasteiger partial charge in [0.15, 0.2) is 0 Å². The molecule has 2 aliphatic heterocycles. The van der Waals surface area contributed by atoms with Crippen molar-refractivity contribution in [3.05, 3.63) is 71.8 Å². The van der Waals surface area contributed by atoms with Crippen LogP contribution in [0.1, 0.15) is 62.5 Å². The molecule has 3 aliphatic rings. The molecule has 0 bridgehead atoms. The first kappa shape index (κ1) is 29.8. The average Bonchev–Trinajstić information content (AvgIpc) is 3.66. The highest BCUT2D eigenvalue weighted by atomic mass is 16.4. The lowest BCUT2D eigenvalue weighted by atomic mass is 9.84. The van der Waals surface area contributed by atoms with Crippen LogP contribution in [-0.2, 0) is 32.0 Å². The van der Waals surface area contributed by atoms with Crippen LogP contribution < -0.4 is 16.0 Å². The molecule has 1 saturated carbocycles. The minimum Gasteiger partial charge on any atom is -0.480 e. The van der Waals surface area contributed by atoms with Crippen molar-refractivity contribution in [2.75, 3.05) is 6.54 Å². The molecule has 6 atom stereocenters. The number of nitrogens with one attached hydrogen (secondary N) is 3. The Morgan fingerprint density at radius 1 is 0.857 bits per heavy atom. The maximum absolute atomic E-state index is 13.9. The van der Waals surface area contributed by atoms with E-state index in [0.717, 1.165) is 56.2 Å². The van der Waals surface area contributed by atoms with Gasteiger partial charge >= 0.3 is 5.97 Å². The van der Waals surface area contributed by atoms with Gasteiger partial charge in [-0.25, -0.2) is 4.79 Å². The first-order chi connectivity index (χ1) is 20.4. The Hall–Kier alpha value is -3.72. The highest BCUT2D eigenvalue weighted by Gasteiger charge is 2.49. The van der Waals surface area contributed by atoms with Gasteiger partial charge in [0.05, 0.1) is 6.04 Å². The van der Waals surface area contributed by atoms with E-state index in [9.17, 15) is 24.3 Å². The minimum atomic E-state index is -1.11. The summed E-state index contributed by atoms with van der Waals surface area (Å²) in [6.07, 6.45) is 6.98. The fourth-order valence-corrected chi connectivity index (χ4v) is 6.98. The summed E-state index contributed by atoms with van der Waals surface area (Å²) >= 11 is 0. The topological polar surface area (TPSA) is 128 Å². The number of carbonyl (C=O) groups excluding carboxylic acids is 3. The molecule has 9 heteroatoms. The van der Waals surface area contributed by atoms with Gasteiger partial charge in [0.1, 0.15) is 12.1 Å². The van der Waals surface area contributed by atoms with Crippen molar-refractivity contribution in [2.45, 2.75) is 94.4 Å². The van der Waals surface area contributed by atoms with Gasteiger partial charge in [-0.3, -0.25) is 14.4 Å². The van der Waals surface area contributed by atoms with Crippen molar-refractivity contribution < 1.29 is 24.3 Å². The van der Waals surface area contributed by atoms with Crippen molar-refractivity contribution in [3.8, 4) is 0 Å². The lowest BCUT2D eigenvalue weighted by Gasteiger charge is -2.35. The first-order valence-corrected chi connectivity index (χ1v) is 15.3. The molecule has 9 nitrogen and oxygen atoms in total. The predicted molar refractivity (Wildman–Crippen MR) is 158 cm³/mol. The molecule has 2 aromatic rings. The number of hydrogen-bond donors (Lipinski definition) is 4. The van der Waals surface area contributed by atoms with Gasteiger partial charge in [-0.1, -0.05) is 73.5 Å². The van der Waals surface area contributed by atoms with Crippen molar-refractivity contribution >= 4 is 23.7 Å². The maximum Gasteiger partial charge on any atom is 0.326 e. The number of hydrogen-bond acceptors (Lipinski definition) is 5. The average molecular weight is 575 g/mol. The van der Waals surface area contributed by atoms with E-state index in [0.29, 0.717) is 18.8 Å². The van der Waals surface area contributed by atoms with E-state index >= 15 is 0 Å². The summed E-state index contributed by atoms with van der Waals surface area (Å²) < 4.78 is 0. The molecule has 42 heavy (non-hydrogen) atoms. The number of benzene rings is 2. The van der Waals surface area contributed by atoms with E-state index in [2.05, 4.69) is 16.0 Å². The molecular formula is C33H42N4O5. The Labute approximate surface area is 247 Å². The van der Waals surface area contributed by atoms with Crippen molar-refractivity contribution in [2.24, 2.45) is 5.92 Å². The number of aliphatic carboxylic acids is 1. The number of carboxylic acids is 1. The predicted octanol–water partition coefficient (Wildman–Crippen LogP) is 2.83. The summed E-state index contributed by atoms with van der Waals surface area (Å²) in [5.41, 5.74) is 1.77. The Bertz CT molecular complexity index is 1230. The van der Waals surface area contributed by atoms with Gasteiger partial charge in [0, 0.05) is 24.9 Å². The van der Waals surface area contributed by atoms with E-state index in [1.165, 1.54) is 0 Å². The summed E-state index contributed by atoms with van der Waals surface area (Å²) in [5, 5.41) is 18.9. The molecule has 2 heterocycles. The molecule has 0 aromatic heterocycles. The molecule has 3 fully saturated rings. The van der Waals surface area contributed by atoms with Crippen LogP contribution in [0.15, 0.2) is 60.7 Å². The van der Waals surface area contributed by atoms with Gasteiger partial charge in [-0.2, -0.15) is 0 Å². The summed E-state index contributed by atoms with van der Waals surface area (Å²) in [4.78, 5) is 54.6. The third-order valence-corrected chi connectivity index (χ3v) is 9.02. The number of likely N-dealkylation sites (tertiary alicyclic amines) is 1. The maximum atomic E-state index is 13.9. The molecule has 0 radical (unpaired) electrons. The van der Waals surface area contributed by atoms with E-state index in [4.69, 9.17) is 0 Å². The lowest BCUT2D eigenvalue weighted by molar-refractivity contribution is -0.143. The number of carbonyl (C=O) groups is 4. The van der Waals surface area contributed by atoms with Gasteiger partial charge in [-0.15, -0.1) is 0 Å². The molecule has 2 aromatic carbocycles. The minimum absolute atomic E-state index is 0.0182. The molecule has 0 unspecified atom stereocenters. The van der Waals surface area contributed by atoms with Crippen LogP contribution in [-0.4, -0.2) is 70.5 Å². The van der Waals surface area contributed by atoms with Crippen LogP contribution in [0.5, 0.6) is 0 Å². The number of rotatable bonds is 11. The molecule has 224 valence electrons. The Kier molecular flexibility index (Phi) is 9.89. The summed E-state index contributed by atoms with van der Waals surface area (Å²) in [6.45, 7) is 0.811. The van der Waals surface area contributed by atoms with Crippen LogP contribution >= 0.6 is 0 Å². The molecule has 1 aliphatic carbocycles. The molecule has 2 saturated heterocycles. The van der Waals surface area contributed by atoms with E-state index in [1.54, 1.807) is 0 Å². The van der Waals surface area contributed by atoms with Gasteiger partial charge in [0.25, 0.3) is 0 Å². The number of amides is 3. The second kappa shape index (κ2) is 14.0. The third-order valence-electron chi connectivity index (χ3n) is 9.02. The largest absolute Gasteiger partial charge is 0.480 e. The van der Waals surface area contributed by atoms with Crippen molar-refractivity contribution in [1.82, 2.24) is 20.9 Å². The SMILES string of the molecule is O=C(C[C@H](Cc1ccccc1)NC(=O)[C@@H]1C[C@@H]2CCCC[C@@H]2N1C(=O)[C@@H]1CCCN1)N[C@@H](Cc1ccccc1)C(=O)O. The van der Waals surface area contributed by atoms with Crippen molar-refractivity contribution in [1.29, 1.82) is 0 Å². The molecular weight excluding hydrogens is 532 g/mol. The van der Waals surface area contributed by atoms with Crippen molar-refractivity contribution in [3.63, 3.8) is 0 Å². The standard InChI is InChI=1S/C33H42N4O5/c38-30(36-27(33(41)42)19-23-12-5-2-6-13-23)21-25(18-22-10-3-1-4-11-22)35-31(39)29-20-24-14-7-8-16-28(24)37(29)32(40)26-15-9-17-34-26/h1-6,10-13,24-29,34H,7-9,14-21H2,(H,35,39)(H,36,38)(H,41,42)/t24-,25-,26-,27-,28-,29-/m0/s1. The number of nitrogens with zero attached hydrogens (tertiary/aromatic N) is 1. The van der Waals surface area contributed by atoms with E-state index in [-0.39, 0.29) is 36.7 Å². The normalized spacial score (nSPS) is 24.8. The summed E-state index contributed by atoms with van der Waals surface area (Å²) in [7, 11) is 0. The summed E-state index contributed by atoms with van der Waals surface area (Å²) in [5.74, 6) is -1.46. The monoisotopic (exact) mass is 574 g/mol. The molecule has 0 spiro atoms.